The molecule has 1 fully saturated rings. The van der Waals surface area contributed by atoms with Crippen LogP contribution in [0.2, 0.25) is 0 Å². The van der Waals surface area contributed by atoms with Gasteiger partial charge in [-0.2, -0.15) is 0 Å². The zero-order chi connectivity index (χ0) is 22.2. The minimum absolute atomic E-state index is 0.0167. The van der Waals surface area contributed by atoms with Crippen LogP contribution in [0.15, 0.2) is 36.7 Å². The smallest absolute Gasteiger partial charge is 0.306 e. The van der Waals surface area contributed by atoms with Gasteiger partial charge in [0, 0.05) is 38.2 Å². The van der Waals surface area contributed by atoms with E-state index in [1.807, 2.05) is 36.1 Å². The molecule has 9 heteroatoms. The van der Waals surface area contributed by atoms with Gasteiger partial charge in [0.05, 0.1) is 20.1 Å². The maximum Gasteiger partial charge on any atom is 0.306 e. The largest absolute Gasteiger partial charge is 0.493 e. The van der Waals surface area contributed by atoms with Crippen LogP contribution in [0.5, 0.6) is 17.4 Å². The molecule has 1 aromatic heterocycles. The zero-order valence-electron chi connectivity index (χ0n) is 18.1. The highest BCUT2D eigenvalue weighted by atomic mass is 16.5. The summed E-state index contributed by atoms with van der Waals surface area (Å²) < 4.78 is 16.1. The minimum Gasteiger partial charge on any atom is -0.493 e. The third-order valence-electron chi connectivity index (χ3n) is 5.03. The Labute approximate surface area is 181 Å². The Morgan fingerprint density at radius 1 is 1.13 bits per heavy atom. The van der Waals surface area contributed by atoms with Crippen LogP contribution in [0.3, 0.4) is 0 Å². The number of aromatic nitrogens is 2. The molecule has 0 radical (unpaired) electrons. The van der Waals surface area contributed by atoms with E-state index in [-0.39, 0.29) is 30.8 Å². The third-order valence-corrected chi connectivity index (χ3v) is 5.03. The van der Waals surface area contributed by atoms with E-state index in [2.05, 4.69) is 14.9 Å². The predicted molar refractivity (Wildman–Crippen MR) is 114 cm³/mol. The number of rotatable bonds is 8. The van der Waals surface area contributed by atoms with E-state index < -0.39 is 0 Å². The molecule has 1 unspecified atom stereocenters. The molecular weight excluding hydrogens is 400 g/mol. The number of benzene rings is 1. The Morgan fingerprint density at radius 3 is 2.61 bits per heavy atom. The highest BCUT2D eigenvalue weighted by molar-refractivity contribution is 5.81. The summed E-state index contributed by atoms with van der Waals surface area (Å²) in [7, 11) is 1.59. The van der Waals surface area contributed by atoms with Crippen molar-refractivity contribution in [3.8, 4) is 17.4 Å². The number of hydrogen-bond donors (Lipinski definition) is 0. The number of nitrogens with zero attached hydrogens (tertiary/aromatic N) is 4. The van der Waals surface area contributed by atoms with E-state index in [0.717, 1.165) is 5.82 Å². The number of amides is 1. The van der Waals surface area contributed by atoms with Gasteiger partial charge in [-0.3, -0.25) is 9.59 Å². The van der Waals surface area contributed by atoms with Gasteiger partial charge in [0.25, 0.3) is 0 Å². The molecule has 2 aromatic rings. The fourth-order valence-electron chi connectivity index (χ4n) is 3.50. The van der Waals surface area contributed by atoms with Gasteiger partial charge in [0.2, 0.25) is 11.8 Å². The highest BCUT2D eigenvalue weighted by Gasteiger charge is 2.28. The Kier molecular flexibility index (Phi) is 7.64. The van der Waals surface area contributed by atoms with E-state index >= 15 is 0 Å². The van der Waals surface area contributed by atoms with Crippen LogP contribution in [0.4, 0.5) is 5.82 Å². The van der Waals surface area contributed by atoms with Gasteiger partial charge >= 0.3 is 5.97 Å². The minimum atomic E-state index is -0.342. The van der Waals surface area contributed by atoms with Gasteiger partial charge in [-0.05, 0) is 26.0 Å². The summed E-state index contributed by atoms with van der Waals surface area (Å²) >= 11 is 0. The van der Waals surface area contributed by atoms with Crippen molar-refractivity contribution in [1.29, 1.82) is 0 Å². The molecule has 2 heterocycles. The molecule has 166 valence electrons. The zero-order valence-corrected chi connectivity index (χ0v) is 18.1. The summed E-state index contributed by atoms with van der Waals surface area (Å²) in [5.41, 5.74) is 0. The van der Waals surface area contributed by atoms with Gasteiger partial charge in [-0.25, -0.2) is 9.97 Å². The monoisotopic (exact) mass is 428 g/mol. The summed E-state index contributed by atoms with van der Waals surface area (Å²) in [4.78, 5) is 36.5. The normalized spacial score (nSPS) is 16.0. The van der Waals surface area contributed by atoms with Gasteiger partial charge in [0.15, 0.2) is 11.5 Å². The molecule has 0 spiro atoms. The number of piperazine rings is 1. The van der Waals surface area contributed by atoms with Crippen molar-refractivity contribution in [3.63, 3.8) is 0 Å². The van der Waals surface area contributed by atoms with Crippen molar-refractivity contribution in [3.05, 3.63) is 36.7 Å². The van der Waals surface area contributed by atoms with Gasteiger partial charge < -0.3 is 24.0 Å². The molecule has 1 aromatic carbocycles. The molecule has 1 aliphatic heterocycles. The molecule has 0 N–H and O–H groups in total. The molecule has 31 heavy (non-hydrogen) atoms. The van der Waals surface area contributed by atoms with Crippen LogP contribution in [0.1, 0.15) is 26.7 Å². The summed E-state index contributed by atoms with van der Waals surface area (Å²) in [6.45, 7) is 5.86. The van der Waals surface area contributed by atoms with Crippen LogP contribution < -0.4 is 14.4 Å². The fraction of sp³-hybridized carbons (Fsp3) is 0.455. The van der Waals surface area contributed by atoms with Crippen LogP contribution >= 0.6 is 0 Å². The fourth-order valence-corrected chi connectivity index (χ4v) is 3.50. The quantitative estimate of drug-likeness (QED) is 0.593. The Hall–Kier alpha value is -3.36. The van der Waals surface area contributed by atoms with E-state index in [1.165, 1.54) is 6.33 Å². The molecule has 0 bridgehead atoms. The Morgan fingerprint density at radius 2 is 1.90 bits per heavy atom. The van der Waals surface area contributed by atoms with E-state index in [4.69, 9.17) is 14.2 Å². The number of carbonyl (C=O) groups is 2. The van der Waals surface area contributed by atoms with Crippen LogP contribution in [0.25, 0.3) is 0 Å². The second-order valence-electron chi connectivity index (χ2n) is 7.15. The molecule has 0 saturated carbocycles. The first-order valence-electron chi connectivity index (χ1n) is 10.3. The molecular formula is C22H28N4O5. The first kappa shape index (κ1) is 22.3. The molecule has 1 amide bonds. The molecule has 9 nitrogen and oxygen atoms in total. The van der Waals surface area contributed by atoms with Gasteiger partial charge in [-0.1, -0.05) is 12.1 Å². The van der Waals surface area contributed by atoms with Crippen molar-refractivity contribution in [1.82, 2.24) is 14.9 Å². The number of para-hydroxylation sites is 2. The second kappa shape index (κ2) is 10.6. The van der Waals surface area contributed by atoms with Crippen LogP contribution in [-0.2, 0) is 14.3 Å². The molecule has 0 aliphatic carbocycles. The van der Waals surface area contributed by atoms with Crippen molar-refractivity contribution in [2.75, 3.05) is 38.3 Å². The van der Waals surface area contributed by atoms with Crippen LogP contribution in [0, 0.1) is 0 Å². The molecule has 1 saturated heterocycles. The predicted octanol–water partition coefficient (Wildman–Crippen LogP) is 2.66. The lowest BCUT2D eigenvalue weighted by molar-refractivity contribution is -0.146. The maximum atomic E-state index is 12.5. The van der Waals surface area contributed by atoms with Crippen molar-refractivity contribution < 1.29 is 23.8 Å². The second-order valence-corrected chi connectivity index (χ2v) is 7.15. The van der Waals surface area contributed by atoms with Crippen LogP contribution in [-0.4, -0.2) is 66.1 Å². The van der Waals surface area contributed by atoms with Crippen molar-refractivity contribution in [2.24, 2.45) is 0 Å². The number of carbonyl (C=O) groups excluding carboxylic acids is 2. The van der Waals surface area contributed by atoms with Gasteiger partial charge in [0.1, 0.15) is 12.1 Å². The van der Waals surface area contributed by atoms with Crippen molar-refractivity contribution >= 4 is 17.7 Å². The maximum absolute atomic E-state index is 12.5. The molecule has 3 rings (SSSR count). The number of anilines is 1. The number of ether oxygens (including phenoxy) is 3. The average molecular weight is 428 g/mol. The summed E-state index contributed by atoms with van der Waals surface area (Å²) in [5.74, 6) is 1.94. The number of esters is 1. The third kappa shape index (κ3) is 5.84. The number of methoxy groups -OCH3 is 1. The van der Waals surface area contributed by atoms with Gasteiger partial charge in [-0.15, -0.1) is 0 Å². The first-order chi connectivity index (χ1) is 15.0. The lowest BCUT2D eigenvalue weighted by Gasteiger charge is -2.40. The summed E-state index contributed by atoms with van der Waals surface area (Å²) in [5, 5.41) is 0. The topological polar surface area (TPSA) is 94.1 Å². The Bertz CT molecular complexity index is 907. The number of hydrogen-bond acceptors (Lipinski definition) is 8. The van der Waals surface area contributed by atoms with E-state index in [1.54, 1.807) is 20.1 Å². The van der Waals surface area contributed by atoms with E-state index in [9.17, 15) is 9.59 Å². The summed E-state index contributed by atoms with van der Waals surface area (Å²) in [6, 6.07) is 9.11. The lowest BCUT2D eigenvalue weighted by atomic mass is 10.1. The first-order valence-corrected chi connectivity index (χ1v) is 10.3. The SMILES string of the molecule is CCOC(=O)CCC(=O)N1CCN(c2cc(Oc3ccccc3OC)ncn2)CC1C. The average Bonchev–Trinajstić information content (AvgIpc) is 2.78. The standard InChI is InChI=1S/C22H28N4O5/c1-4-30-22(28)10-9-21(27)26-12-11-25(14-16(26)2)19-13-20(24-15-23-19)31-18-8-6-5-7-17(18)29-3/h5-8,13,15-16H,4,9-12,14H2,1-3H3. The molecule has 1 aliphatic rings. The Balaban J connectivity index is 1.60. The summed E-state index contributed by atoms with van der Waals surface area (Å²) in [6.07, 6.45) is 1.73. The lowest BCUT2D eigenvalue weighted by Crippen LogP contribution is -2.54. The molecule has 1 atom stereocenters. The highest BCUT2D eigenvalue weighted by Crippen LogP contribution is 2.31. The van der Waals surface area contributed by atoms with E-state index in [0.29, 0.717) is 43.6 Å². The van der Waals surface area contributed by atoms with Crippen molar-refractivity contribution in [2.45, 2.75) is 32.7 Å².